The summed E-state index contributed by atoms with van der Waals surface area (Å²) in [6, 6.07) is 10.6. The van der Waals surface area contributed by atoms with Crippen LogP contribution in [0.3, 0.4) is 0 Å². The monoisotopic (exact) mass is 418 g/mol. The van der Waals surface area contributed by atoms with E-state index >= 15 is 0 Å². The molecule has 8 heteroatoms. The molecule has 160 valence electrons. The number of likely N-dealkylation sites (tertiary alicyclic amines) is 3. The van der Waals surface area contributed by atoms with Crippen molar-refractivity contribution in [2.24, 2.45) is 11.7 Å². The van der Waals surface area contributed by atoms with Gasteiger partial charge in [0.1, 0.15) is 6.04 Å². The highest BCUT2D eigenvalue weighted by molar-refractivity contribution is 5.87. The smallest absolute Gasteiger partial charge is 0.242 e. The van der Waals surface area contributed by atoms with Crippen molar-refractivity contribution in [3.05, 3.63) is 35.4 Å². The van der Waals surface area contributed by atoms with Gasteiger partial charge >= 0.3 is 0 Å². The second kappa shape index (κ2) is 7.33. The van der Waals surface area contributed by atoms with Gasteiger partial charge in [-0.3, -0.25) is 14.5 Å². The number of hydrogen-bond acceptors (Lipinski definition) is 6. The summed E-state index contributed by atoms with van der Waals surface area (Å²) in [6.07, 6.45) is 2.48. The van der Waals surface area contributed by atoms with Crippen molar-refractivity contribution in [3.8, 4) is 12.1 Å². The lowest BCUT2D eigenvalue weighted by atomic mass is 10.0. The van der Waals surface area contributed by atoms with E-state index in [2.05, 4.69) is 12.1 Å². The Kier molecular flexibility index (Phi) is 4.73. The van der Waals surface area contributed by atoms with Gasteiger partial charge in [-0.2, -0.15) is 10.5 Å². The second-order valence-electron chi connectivity index (χ2n) is 9.31. The molecule has 4 aliphatic rings. The fourth-order valence-electron chi connectivity index (χ4n) is 5.81. The molecule has 2 bridgehead atoms. The average Bonchev–Trinajstić information content (AvgIpc) is 3.11. The summed E-state index contributed by atoms with van der Waals surface area (Å²) in [4.78, 5) is 31.8. The van der Waals surface area contributed by atoms with Gasteiger partial charge in [0.15, 0.2) is 0 Å². The predicted molar refractivity (Wildman–Crippen MR) is 111 cm³/mol. The Morgan fingerprint density at radius 3 is 2.61 bits per heavy atom. The van der Waals surface area contributed by atoms with Gasteiger partial charge < -0.3 is 15.5 Å². The lowest BCUT2D eigenvalue weighted by molar-refractivity contribution is -0.141. The zero-order valence-corrected chi connectivity index (χ0v) is 17.5. The van der Waals surface area contributed by atoms with Crippen LogP contribution in [-0.4, -0.2) is 69.8 Å². The maximum Gasteiger partial charge on any atom is 0.242 e. The highest BCUT2D eigenvalue weighted by Gasteiger charge is 2.56. The van der Waals surface area contributed by atoms with E-state index in [0.29, 0.717) is 24.6 Å². The van der Waals surface area contributed by atoms with E-state index in [0.717, 1.165) is 24.8 Å². The quantitative estimate of drug-likeness (QED) is 0.754. The molecule has 5 rings (SSSR count). The molecule has 1 saturated carbocycles. The SMILES string of the molecule is CC(c1ccc(C#N)cc1)N1C(=O)C2C[C@H]1CN2CC(N)C(=O)N1C(C#N)CC2CC21. The normalized spacial score (nSPS) is 33.0. The van der Waals surface area contributed by atoms with E-state index in [4.69, 9.17) is 11.0 Å². The molecule has 0 radical (unpaired) electrons. The third kappa shape index (κ3) is 3.18. The maximum atomic E-state index is 13.1. The molecular formula is C23H26N6O2. The number of nitriles is 2. The van der Waals surface area contributed by atoms with E-state index < -0.39 is 6.04 Å². The Hall–Kier alpha value is -2.94. The standard InChI is InChI=1S/C23H26N6O2/c1-13(15-4-2-14(9-24)3-5-15)28-18-8-21(23(28)31)27(11-18)12-19(26)22(30)29-17(10-25)6-16-7-20(16)29/h2-5,13,16-21H,6-8,11-12,26H2,1H3/t13?,16?,17?,18-,19?,20?,21?/m0/s1. The van der Waals surface area contributed by atoms with E-state index in [9.17, 15) is 14.9 Å². The molecular weight excluding hydrogens is 392 g/mol. The Bertz CT molecular complexity index is 995. The molecule has 7 atom stereocenters. The molecule has 2 amide bonds. The van der Waals surface area contributed by atoms with Gasteiger partial charge in [0, 0.05) is 25.2 Å². The van der Waals surface area contributed by atoms with E-state index in [1.165, 1.54) is 0 Å². The minimum absolute atomic E-state index is 0.0690. The Labute approximate surface area is 181 Å². The van der Waals surface area contributed by atoms with Crippen molar-refractivity contribution in [1.29, 1.82) is 10.5 Å². The molecule has 2 N–H and O–H groups in total. The lowest BCUT2D eigenvalue weighted by Gasteiger charge is -2.38. The molecule has 1 aliphatic carbocycles. The van der Waals surface area contributed by atoms with Crippen molar-refractivity contribution in [2.75, 3.05) is 13.1 Å². The summed E-state index contributed by atoms with van der Waals surface area (Å²) < 4.78 is 0. The van der Waals surface area contributed by atoms with Crippen LogP contribution in [0, 0.1) is 28.6 Å². The molecule has 1 aromatic carbocycles. The highest BCUT2D eigenvalue weighted by atomic mass is 16.2. The van der Waals surface area contributed by atoms with Crippen LogP contribution >= 0.6 is 0 Å². The largest absolute Gasteiger partial charge is 0.330 e. The molecule has 8 nitrogen and oxygen atoms in total. The van der Waals surface area contributed by atoms with Gasteiger partial charge in [-0.1, -0.05) is 12.1 Å². The number of benzene rings is 1. The zero-order valence-electron chi connectivity index (χ0n) is 17.5. The van der Waals surface area contributed by atoms with Gasteiger partial charge in [0.25, 0.3) is 0 Å². The van der Waals surface area contributed by atoms with Crippen LogP contribution in [0.25, 0.3) is 0 Å². The third-order valence-electron chi connectivity index (χ3n) is 7.51. The van der Waals surface area contributed by atoms with Gasteiger partial charge in [0.2, 0.25) is 11.8 Å². The van der Waals surface area contributed by atoms with Crippen LogP contribution < -0.4 is 5.73 Å². The zero-order chi connectivity index (χ0) is 21.9. The number of carbonyl (C=O) groups excluding carboxylic acids is 2. The van der Waals surface area contributed by atoms with Crippen LogP contribution in [-0.2, 0) is 9.59 Å². The number of nitrogens with zero attached hydrogens (tertiary/aromatic N) is 5. The molecule has 1 aromatic rings. The van der Waals surface area contributed by atoms with Crippen molar-refractivity contribution in [1.82, 2.24) is 14.7 Å². The number of fused-ring (bicyclic) bond motifs is 3. The first-order chi connectivity index (χ1) is 14.9. The van der Waals surface area contributed by atoms with Crippen molar-refractivity contribution < 1.29 is 9.59 Å². The Morgan fingerprint density at radius 1 is 1.23 bits per heavy atom. The Morgan fingerprint density at radius 2 is 1.97 bits per heavy atom. The summed E-state index contributed by atoms with van der Waals surface area (Å²) in [5, 5.41) is 18.3. The number of rotatable bonds is 5. The van der Waals surface area contributed by atoms with Gasteiger partial charge in [-0.15, -0.1) is 0 Å². The van der Waals surface area contributed by atoms with E-state index in [1.807, 2.05) is 28.9 Å². The highest BCUT2D eigenvalue weighted by Crippen LogP contribution is 2.48. The van der Waals surface area contributed by atoms with Crippen LogP contribution in [0.15, 0.2) is 24.3 Å². The topological polar surface area (TPSA) is 117 Å². The summed E-state index contributed by atoms with van der Waals surface area (Å²) in [6.45, 7) is 3.06. The van der Waals surface area contributed by atoms with Crippen LogP contribution in [0.1, 0.15) is 43.4 Å². The average molecular weight is 419 g/mol. The summed E-state index contributed by atoms with van der Waals surface area (Å²) >= 11 is 0. The molecule has 3 aliphatic heterocycles. The van der Waals surface area contributed by atoms with Gasteiger partial charge in [0.05, 0.1) is 35.8 Å². The first-order valence-electron chi connectivity index (χ1n) is 11.0. The fourth-order valence-corrected chi connectivity index (χ4v) is 5.81. The van der Waals surface area contributed by atoms with Crippen molar-refractivity contribution in [3.63, 3.8) is 0 Å². The lowest BCUT2D eigenvalue weighted by Crippen LogP contribution is -2.57. The summed E-state index contributed by atoms with van der Waals surface area (Å²) in [5.74, 6) is 0.378. The van der Waals surface area contributed by atoms with Crippen LogP contribution in [0.5, 0.6) is 0 Å². The molecule has 0 spiro atoms. The minimum atomic E-state index is -0.716. The first-order valence-corrected chi connectivity index (χ1v) is 11.0. The van der Waals surface area contributed by atoms with Gasteiger partial charge in [-0.25, -0.2) is 0 Å². The van der Waals surface area contributed by atoms with Crippen LogP contribution in [0.2, 0.25) is 0 Å². The molecule has 3 heterocycles. The van der Waals surface area contributed by atoms with Crippen LogP contribution in [0.4, 0.5) is 0 Å². The Balaban J connectivity index is 1.23. The van der Waals surface area contributed by atoms with E-state index in [-0.39, 0.29) is 42.0 Å². The first kappa shape index (κ1) is 20.0. The molecule has 4 fully saturated rings. The number of piperidine rings is 1. The molecule has 3 saturated heterocycles. The number of amides is 2. The fraction of sp³-hybridized carbons (Fsp3) is 0.565. The number of carbonyl (C=O) groups is 2. The van der Waals surface area contributed by atoms with Crippen molar-refractivity contribution >= 4 is 11.8 Å². The van der Waals surface area contributed by atoms with Crippen molar-refractivity contribution in [2.45, 2.75) is 62.4 Å². The number of piperazine rings is 1. The summed E-state index contributed by atoms with van der Waals surface area (Å²) in [5.41, 5.74) is 7.88. The summed E-state index contributed by atoms with van der Waals surface area (Å²) in [7, 11) is 0. The minimum Gasteiger partial charge on any atom is -0.330 e. The molecule has 6 unspecified atom stereocenters. The molecule has 0 aromatic heterocycles. The second-order valence-corrected chi connectivity index (χ2v) is 9.31. The molecule has 31 heavy (non-hydrogen) atoms. The predicted octanol–water partition coefficient (Wildman–Crippen LogP) is 0.745. The van der Waals surface area contributed by atoms with E-state index in [1.54, 1.807) is 17.0 Å². The van der Waals surface area contributed by atoms with Gasteiger partial charge in [-0.05, 0) is 49.8 Å². The number of hydrogen-bond donors (Lipinski definition) is 1. The number of nitrogens with two attached hydrogens (primary N) is 1. The maximum absolute atomic E-state index is 13.1. The third-order valence-corrected chi connectivity index (χ3v) is 7.51.